The van der Waals surface area contributed by atoms with Crippen LogP contribution in [0.4, 0.5) is 0 Å². The molecule has 4 rings (SSSR count). The molecule has 12 nitrogen and oxygen atoms in total. The van der Waals surface area contributed by atoms with E-state index in [9.17, 15) is 34.3 Å². The van der Waals surface area contributed by atoms with Gasteiger partial charge in [0.15, 0.2) is 0 Å². The van der Waals surface area contributed by atoms with Crippen LogP contribution in [0.3, 0.4) is 0 Å². The molecular weight excluding hydrogens is 605 g/mol. The number of carbonyl (C=O) groups excluding carboxylic acids is 2. The SMILES string of the molecule is C[C@H](CCC(=O)OCOC(=O)CCC(NCP(=O)(O)O)C(=O)O)C1CCC2C3CC[C@]4(C)C[C@H](O)CC[C@]4(C)C3C[C@H](O)[C@@]21C. The number of aliphatic hydroxyl groups is 2. The molecule has 6 N–H and O–H groups in total. The van der Waals surface area contributed by atoms with Gasteiger partial charge in [-0.3, -0.25) is 24.3 Å². The molecule has 0 saturated heterocycles. The van der Waals surface area contributed by atoms with Crippen molar-refractivity contribution >= 4 is 25.5 Å². The van der Waals surface area contributed by atoms with Gasteiger partial charge in [-0.2, -0.15) is 0 Å². The quantitative estimate of drug-likeness (QED) is 0.0951. The van der Waals surface area contributed by atoms with Crippen molar-refractivity contribution in [3.8, 4) is 0 Å². The van der Waals surface area contributed by atoms with Gasteiger partial charge in [-0.05, 0) is 110 Å². The molecule has 5 unspecified atom stereocenters. The third kappa shape index (κ3) is 7.62. The van der Waals surface area contributed by atoms with Gasteiger partial charge < -0.3 is 34.6 Å². The van der Waals surface area contributed by atoms with Crippen LogP contribution in [0.5, 0.6) is 0 Å². The number of carboxylic acids is 1. The Morgan fingerprint density at radius 1 is 0.933 bits per heavy atom. The van der Waals surface area contributed by atoms with Crippen molar-refractivity contribution in [2.45, 2.75) is 123 Å². The van der Waals surface area contributed by atoms with Crippen molar-refractivity contribution in [3.63, 3.8) is 0 Å². The van der Waals surface area contributed by atoms with E-state index >= 15 is 0 Å². The number of aliphatic hydroxyl groups excluding tert-OH is 2. The molecule has 4 fully saturated rings. The number of rotatable bonds is 13. The van der Waals surface area contributed by atoms with Gasteiger partial charge in [-0.1, -0.05) is 27.7 Å². The van der Waals surface area contributed by atoms with Crippen molar-refractivity contribution in [1.29, 1.82) is 0 Å². The zero-order valence-corrected chi connectivity index (χ0v) is 28.0. The normalized spacial score (nSPS) is 39.1. The summed E-state index contributed by atoms with van der Waals surface area (Å²) in [6.07, 6.45) is 6.52. The molecule has 0 aromatic carbocycles. The molecule has 4 aliphatic rings. The Balaban J connectivity index is 1.24. The van der Waals surface area contributed by atoms with Gasteiger partial charge in [0.2, 0.25) is 6.79 Å². The Morgan fingerprint density at radius 3 is 2.20 bits per heavy atom. The molecule has 0 bridgehead atoms. The Kier molecular flexibility index (Phi) is 11.2. The Labute approximate surface area is 266 Å². The second-order valence-corrected chi connectivity index (χ2v) is 16.9. The number of aliphatic carboxylic acids is 1. The van der Waals surface area contributed by atoms with Gasteiger partial charge in [-0.25, -0.2) is 0 Å². The fourth-order valence-electron chi connectivity index (χ4n) is 10.2. The van der Waals surface area contributed by atoms with E-state index in [0.717, 1.165) is 51.4 Å². The number of nitrogens with one attached hydrogen (secondary N) is 1. The van der Waals surface area contributed by atoms with Crippen molar-refractivity contribution in [2.24, 2.45) is 45.8 Å². The van der Waals surface area contributed by atoms with Crippen molar-refractivity contribution in [2.75, 3.05) is 13.1 Å². The number of hydrogen-bond acceptors (Lipinski definition) is 9. The first-order valence-corrected chi connectivity index (χ1v) is 18.4. The van der Waals surface area contributed by atoms with Crippen LogP contribution in [-0.4, -0.2) is 74.3 Å². The molecule has 0 aromatic rings. The van der Waals surface area contributed by atoms with Crippen LogP contribution in [0.15, 0.2) is 0 Å². The van der Waals surface area contributed by atoms with Gasteiger partial charge in [0, 0.05) is 12.8 Å². The Hall–Kier alpha value is -1.56. The first-order valence-electron chi connectivity index (χ1n) is 16.6. The van der Waals surface area contributed by atoms with Gasteiger partial charge in [0.25, 0.3) is 0 Å². The highest BCUT2D eigenvalue weighted by Crippen LogP contribution is 2.71. The van der Waals surface area contributed by atoms with Gasteiger partial charge in [0.1, 0.15) is 6.04 Å². The van der Waals surface area contributed by atoms with Crippen LogP contribution in [-0.2, 0) is 28.4 Å². The Bertz CT molecular complexity index is 1150. The maximum absolute atomic E-state index is 12.5. The molecule has 0 aliphatic heterocycles. The standard InChI is InChI=1S/C32H54NO11P/c1-19(5-9-27(36)43-18-44-28(37)10-8-25(29(38)39)33-17-45(40,41)42)22-6-7-23-21-12-13-30(2)16-20(34)11-14-31(30,3)24(21)15-26(35)32(22,23)4/h19-26,33-35H,5-18H2,1-4H3,(H,38,39)(H2,40,41,42)/t19-,20-,21?,22?,23?,24?,25?,26+,30-,31-,32-/m1/s1. The average Bonchev–Trinajstić information content (AvgIpc) is 3.31. The molecule has 11 atom stereocenters. The van der Waals surface area contributed by atoms with Crippen LogP contribution in [0.2, 0.25) is 0 Å². The van der Waals surface area contributed by atoms with E-state index in [-0.39, 0.29) is 53.4 Å². The van der Waals surface area contributed by atoms with E-state index in [0.29, 0.717) is 24.2 Å². The molecule has 0 radical (unpaired) electrons. The lowest BCUT2D eigenvalue weighted by atomic mass is 9.39. The average molecular weight is 660 g/mol. The van der Waals surface area contributed by atoms with E-state index < -0.39 is 50.7 Å². The van der Waals surface area contributed by atoms with Crippen LogP contribution < -0.4 is 5.32 Å². The molecule has 258 valence electrons. The van der Waals surface area contributed by atoms with Gasteiger partial charge in [-0.15, -0.1) is 0 Å². The van der Waals surface area contributed by atoms with Crippen molar-refractivity contribution < 1.29 is 53.5 Å². The fourth-order valence-corrected chi connectivity index (χ4v) is 10.7. The zero-order valence-electron chi connectivity index (χ0n) is 27.2. The molecule has 4 saturated carbocycles. The topological polar surface area (TPSA) is 200 Å². The molecule has 0 heterocycles. The second-order valence-electron chi connectivity index (χ2n) is 15.2. The maximum atomic E-state index is 12.5. The number of hydrogen-bond donors (Lipinski definition) is 6. The molecular formula is C32H54NO11P. The largest absolute Gasteiger partial charge is 0.480 e. The van der Waals surface area contributed by atoms with Crippen LogP contribution in [0, 0.1) is 45.8 Å². The summed E-state index contributed by atoms with van der Waals surface area (Å²) in [7, 11) is -4.46. The lowest BCUT2D eigenvalue weighted by Crippen LogP contribution is -2.61. The molecule has 13 heteroatoms. The summed E-state index contributed by atoms with van der Waals surface area (Å²) < 4.78 is 21.0. The van der Waals surface area contributed by atoms with E-state index in [1.54, 1.807) is 0 Å². The minimum atomic E-state index is -4.46. The lowest BCUT2D eigenvalue weighted by molar-refractivity contribution is -0.201. The molecule has 45 heavy (non-hydrogen) atoms. The monoisotopic (exact) mass is 659 g/mol. The van der Waals surface area contributed by atoms with Crippen LogP contribution in [0.1, 0.15) is 105 Å². The first kappa shape index (κ1) is 36.3. The van der Waals surface area contributed by atoms with Crippen LogP contribution >= 0.6 is 7.60 Å². The van der Waals surface area contributed by atoms with Gasteiger partial charge in [0.05, 0.1) is 18.5 Å². The fraction of sp³-hybridized carbons (Fsp3) is 0.906. The van der Waals surface area contributed by atoms with E-state index in [1.807, 2.05) is 0 Å². The predicted octanol–water partition coefficient (Wildman–Crippen LogP) is 3.79. The number of carbonyl (C=O) groups is 3. The number of fused-ring (bicyclic) bond motifs is 5. The van der Waals surface area contributed by atoms with Crippen LogP contribution in [0.25, 0.3) is 0 Å². The molecule has 0 aromatic heterocycles. The smallest absolute Gasteiger partial charge is 0.339 e. The van der Waals surface area contributed by atoms with E-state index in [1.165, 1.54) is 0 Å². The lowest BCUT2D eigenvalue weighted by Gasteiger charge is -2.66. The molecule has 4 aliphatic carbocycles. The third-order valence-electron chi connectivity index (χ3n) is 12.9. The first-order chi connectivity index (χ1) is 20.9. The highest BCUT2D eigenvalue weighted by Gasteiger charge is 2.66. The number of esters is 2. The third-order valence-corrected chi connectivity index (χ3v) is 13.5. The summed E-state index contributed by atoms with van der Waals surface area (Å²) in [6.45, 7) is 8.59. The zero-order chi connectivity index (χ0) is 33.4. The second kappa shape index (κ2) is 13.9. The summed E-state index contributed by atoms with van der Waals surface area (Å²) >= 11 is 0. The summed E-state index contributed by atoms with van der Waals surface area (Å²) in [5.41, 5.74) is 0.00650. The summed E-state index contributed by atoms with van der Waals surface area (Å²) in [4.78, 5) is 53.5. The predicted molar refractivity (Wildman–Crippen MR) is 163 cm³/mol. The highest BCUT2D eigenvalue weighted by atomic mass is 31.2. The van der Waals surface area contributed by atoms with Crippen molar-refractivity contribution in [1.82, 2.24) is 5.32 Å². The summed E-state index contributed by atoms with van der Waals surface area (Å²) in [5.74, 6) is -0.748. The minimum Gasteiger partial charge on any atom is -0.480 e. The summed E-state index contributed by atoms with van der Waals surface area (Å²) in [6, 6.07) is -1.34. The van der Waals surface area contributed by atoms with E-state index in [2.05, 4.69) is 33.0 Å². The summed E-state index contributed by atoms with van der Waals surface area (Å²) in [5, 5.41) is 33.7. The minimum absolute atomic E-state index is 0.103. The van der Waals surface area contributed by atoms with E-state index in [4.69, 9.17) is 19.3 Å². The maximum Gasteiger partial charge on any atom is 0.339 e. The van der Waals surface area contributed by atoms with Gasteiger partial charge >= 0.3 is 25.5 Å². The number of ether oxygens (including phenoxy) is 2. The highest BCUT2D eigenvalue weighted by molar-refractivity contribution is 7.51. The van der Waals surface area contributed by atoms with Crippen molar-refractivity contribution in [3.05, 3.63) is 0 Å². The number of carboxylic acid groups (broad SMARTS) is 1. The molecule has 0 amide bonds. The Morgan fingerprint density at radius 2 is 1.58 bits per heavy atom. The molecule has 0 spiro atoms.